The van der Waals surface area contributed by atoms with Crippen LogP contribution in [0.1, 0.15) is 452 Å². The summed E-state index contributed by atoms with van der Waals surface area (Å²) in [6, 6.07) is 0. The van der Waals surface area contributed by atoms with E-state index in [0.717, 1.165) is 102 Å². The van der Waals surface area contributed by atoms with E-state index in [1.54, 1.807) is 0 Å². The second-order valence-corrected chi connectivity index (χ2v) is 33.4. The zero-order chi connectivity index (χ0) is 75.5. The number of rotatable bonds is 84. The van der Waals surface area contributed by atoms with Gasteiger partial charge in [-0.25, -0.2) is 9.13 Å². The summed E-state index contributed by atoms with van der Waals surface area (Å²) in [5.41, 5.74) is 0. The Bertz CT molecular complexity index is 1960. The van der Waals surface area contributed by atoms with Crippen molar-refractivity contribution in [2.24, 2.45) is 5.92 Å². The highest BCUT2D eigenvalue weighted by molar-refractivity contribution is 7.47. The number of carbonyl (C=O) groups excluding carboxylic acids is 4. The molecule has 0 fully saturated rings. The molecule has 0 bridgehead atoms. The molecule has 0 rings (SSSR count). The van der Waals surface area contributed by atoms with Gasteiger partial charge in [-0.3, -0.25) is 37.3 Å². The summed E-state index contributed by atoms with van der Waals surface area (Å²) in [7, 11) is -9.92. The number of esters is 4. The number of phosphoric acid groups is 2. The molecule has 0 aliphatic carbocycles. The zero-order valence-corrected chi connectivity index (χ0v) is 69.3. The third-order valence-corrected chi connectivity index (χ3v) is 22.0. The minimum atomic E-state index is -4.96. The molecule has 6 atom stereocenters. The van der Waals surface area contributed by atoms with Crippen LogP contribution in [0.25, 0.3) is 0 Å². The van der Waals surface area contributed by atoms with Gasteiger partial charge < -0.3 is 33.8 Å². The van der Waals surface area contributed by atoms with E-state index >= 15 is 0 Å². The SMILES string of the molecule is CCCCCCCCCCCCCCCCCCCCCCCC(=O)O[C@H](COC(=O)CCCCCCCCCCCCCCCCCCCC)COP(=O)(O)OC[C@@H](O)COP(=O)(O)OC[C@@H](COC(=O)CCCCCCCCC(C)CC)OC(=O)CCCCCCCCCCCCCCCC. The lowest BCUT2D eigenvalue weighted by molar-refractivity contribution is -0.161. The lowest BCUT2D eigenvalue weighted by Crippen LogP contribution is -2.30. The summed E-state index contributed by atoms with van der Waals surface area (Å²) < 4.78 is 68.8. The van der Waals surface area contributed by atoms with E-state index in [1.165, 1.54) is 270 Å². The number of ether oxygens (including phenoxy) is 4. The van der Waals surface area contributed by atoms with E-state index < -0.39 is 97.5 Å². The largest absolute Gasteiger partial charge is 0.472 e. The Hall–Kier alpha value is -1.94. The van der Waals surface area contributed by atoms with E-state index in [4.69, 9.17) is 37.0 Å². The molecule has 0 amide bonds. The van der Waals surface area contributed by atoms with Gasteiger partial charge in [0, 0.05) is 25.7 Å². The molecule has 0 saturated carbocycles. The minimum absolute atomic E-state index is 0.108. The van der Waals surface area contributed by atoms with Gasteiger partial charge >= 0.3 is 39.5 Å². The second-order valence-electron chi connectivity index (χ2n) is 30.5. The van der Waals surface area contributed by atoms with Crippen molar-refractivity contribution in [2.75, 3.05) is 39.6 Å². The van der Waals surface area contributed by atoms with Gasteiger partial charge in [0.2, 0.25) is 0 Å². The number of aliphatic hydroxyl groups excluding tert-OH is 1. The van der Waals surface area contributed by atoms with Gasteiger partial charge in [-0.15, -0.1) is 0 Å². The van der Waals surface area contributed by atoms with Crippen molar-refractivity contribution in [1.29, 1.82) is 0 Å². The average molecular weight is 1510 g/mol. The van der Waals surface area contributed by atoms with Gasteiger partial charge in [-0.1, -0.05) is 401 Å². The molecule has 0 radical (unpaired) electrons. The van der Waals surface area contributed by atoms with Gasteiger partial charge in [0.15, 0.2) is 12.2 Å². The van der Waals surface area contributed by atoms with Crippen molar-refractivity contribution < 1.29 is 80.2 Å². The summed E-state index contributed by atoms with van der Waals surface area (Å²) in [4.78, 5) is 73.1. The van der Waals surface area contributed by atoms with Crippen molar-refractivity contribution >= 4 is 39.5 Å². The number of hydrogen-bond acceptors (Lipinski definition) is 15. The molecule has 612 valence electrons. The quantitative estimate of drug-likeness (QED) is 0.0222. The summed E-state index contributed by atoms with van der Waals surface area (Å²) in [5.74, 6) is -1.37. The van der Waals surface area contributed by atoms with Gasteiger partial charge in [0.25, 0.3) is 0 Å². The fraction of sp³-hybridized carbons (Fsp3) is 0.952. The first-order valence-electron chi connectivity index (χ1n) is 43.7. The lowest BCUT2D eigenvalue weighted by atomic mass is 10.00. The molecule has 0 aromatic rings. The fourth-order valence-electron chi connectivity index (χ4n) is 13.1. The Kier molecular flexibility index (Phi) is 75.4. The topological polar surface area (TPSA) is 237 Å². The van der Waals surface area contributed by atoms with E-state index in [-0.39, 0.29) is 25.7 Å². The molecule has 0 aliphatic heterocycles. The molecule has 0 aromatic carbocycles. The van der Waals surface area contributed by atoms with Crippen LogP contribution in [0, 0.1) is 5.92 Å². The van der Waals surface area contributed by atoms with Crippen LogP contribution in [0.15, 0.2) is 0 Å². The summed E-state index contributed by atoms with van der Waals surface area (Å²) >= 11 is 0. The van der Waals surface area contributed by atoms with E-state index in [0.29, 0.717) is 25.7 Å². The van der Waals surface area contributed by atoms with Crippen LogP contribution in [-0.4, -0.2) is 96.7 Å². The Labute approximate surface area is 632 Å². The number of carbonyl (C=O) groups is 4. The van der Waals surface area contributed by atoms with Crippen LogP contribution in [0.3, 0.4) is 0 Å². The second kappa shape index (κ2) is 76.8. The predicted molar refractivity (Wildman–Crippen MR) is 423 cm³/mol. The molecule has 0 spiro atoms. The first-order valence-corrected chi connectivity index (χ1v) is 46.7. The van der Waals surface area contributed by atoms with Gasteiger partial charge in [-0.2, -0.15) is 0 Å². The highest BCUT2D eigenvalue weighted by atomic mass is 31.2. The Balaban J connectivity index is 5.22. The molecular formula is C84H164O17P2. The van der Waals surface area contributed by atoms with Crippen molar-refractivity contribution in [2.45, 2.75) is 470 Å². The Morgan fingerprint density at radius 3 is 0.689 bits per heavy atom. The van der Waals surface area contributed by atoms with Crippen molar-refractivity contribution in [3.05, 3.63) is 0 Å². The molecule has 0 heterocycles. The van der Waals surface area contributed by atoms with Crippen molar-refractivity contribution in [3.8, 4) is 0 Å². The molecule has 0 aliphatic rings. The smallest absolute Gasteiger partial charge is 0.462 e. The third-order valence-electron chi connectivity index (χ3n) is 20.1. The Morgan fingerprint density at radius 2 is 0.466 bits per heavy atom. The molecule has 19 heteroatoms. The maximum absolute atomic E-state index is 13.1. The number of phosphoric ester groups is 2. The van der Waals surface area contributed by atoms with Crippen LogP contribution >= 0.6 is 15.6 Å². The predicted octanol–water partition coefficient (Wildman–Crippen LogP) is 25.6. The molecule has 103 heavy (non-hydrogen) atoms. The van der Waals surface area contributed by atoms with Crippen molar-refractivity contribution in [3.63, 3.8) is 0 Å². The monoisotopic (exact) mass is 1510 g/mol. The van der Waals surface area contributed by atoms with Gasteiger partial charge in [-0.05, 0) is 31.6 Å². The van der Waals surface area contributed by atoms with E-state index in [2.05, 4.69) is 34.6 Å². The summed E-state index contributed by atoms with van der Waals surface area (Å²) in [6.45, 7) is 7.31. The van der Waals surface area contributed by atoms with Crippen LogP contribution in [0.2, 0.25) is 0 Å². The standard InChI is InChI=1S/C84H164O17P2/c1-6-10-13-16-19-22-25-28-31-33-35-36-37-39-41-44-47-50-53-60-65-70-83(88)100-79(73-94-81(86)67-62-57-51-48-45-43-40-38-34-32-29-26-23-20-17-14-11-7-2)75-98-102(90,91)96-71-78(85)72-97-103(92,93)99-76-80(74-95-82(87)68-63-58-55-54-56-61-66-77(5)9-4)101-84(89)69-64-59-52-49-46-42-30-27-24-21-18-15-12-8-3/h77-80,85H,6-76H2,1-5H3,(H,90,91)(H,92,93)/t77?,78-,79-,80-/m1/s1. The average Bonchev–Trinajstić information content (AvgIpc) is 0.915. The first kappa shape index (κ1) is 101. The van der Waals surface area contributed by atoms with Crippen LogP contribution in [0.4, 0.5) is 0 Å². The number of aliphatic hydroxyl groups is 1. The lowest BCUT2D eigenvalue weighted by Gasteiger charge is -2.21. The maximum atomic E-state index is 13.1. The zero-order valence-electron chi connectivity index (χ0n) is 67.5. The highest BCUT2D eigenvalue weighted by Gasteiger charge is 2.30. The molecular weight excluding hydrogens is 1340 g/mol. The summed E-state index contributed by atoms with van der Waals surface area (Å²) in [6.07, 6.45) is 69.5. The number of hydrogen-bond donors (Lipinski definition) is 3. The molecule has 0 saturated heterocycles. The fourth-order valence-corrected chi connectivity index (χ4v) is 14.7. The normalized spacial score (nSPS) is 14.1. The van der Waals surface area contributed by atoms with E-state index in [1.807, 2.05) is 0 Å². The molecule has 17 nitrogen and oxygen atoms in total. The van der Waals surface area contributed by atoms with Crippen LogP contribution in [-0.2, 0) is 65.4 Å². The highest BCUT2D eigenvalue weighted by Crippen LogP contribution is 2.45. The maximum Gasteiger partial charge on any atom is 0.472 e. The number of unbranched alkanes of at least 4 members (excludes halogenated alkanes) is 55. The molecule has 3 unspecified atom stereocenters. The summed E-state index contributed by atoms with van der Waals surface area (Å²) in [5, 5.41) is 10.7. The minimum Gasteiger partial charge on any atom is -0.462 e. The Morgan fingerprint density at radius 1 is 0.272 bits per heavy atom. The first-order chi connectivity index (χ1) is 50.1. The molecule has 0 aromatic heterocycles. The van der Waals surface area contributed by atoms with Crippen LogP contribution < -0.4 is 0 Å². The van der Waals surface area contributed by atoms with Crippen molar-refractivity contribution in [1.82, 2.24) is 0 Å². The van der Waals surface area contributed by atoms with Gasteiger partial charge in [0.05, 0.1) is 26.4 Å². The molecule has 3 N–H and O–H groups in total. The van der Waals surface area contributed by atoms with Crippen LogP contribution in [0.5, 0.6) is 0 Å². The van der Waals surface area contributed by atoms with E-state index in [9.17, 15) is 43.2 Å². The third kappa shape index (κ3) is 76.6. The van der Waals surface area contributed by atoms with Gasteiger partial charge in [0.1, 0.15) is 19.3 Å².